The summed E-state index contributed by atoms with van der Waals surface area (Å²) >= 11 is 0. The predicted octanol–water partition coefficient (Wildman–Crippen LogP) is 7.16. The Kier molecular flexibility index (Phi) is 10.4. The first-order chi connectivity index (χ1) is 24.3. The van der Waals surface area contributed by atoms with Gasteiger partial charge in [0.2, 0.25) is 0 Å². The maximum Gasteiger partial charge on any atom is 0.318 e. The summed E-state index contributed by atoms with van der Waals surface area (Å²) in [6, 6.07) is 25.6. The fourth-order valence-electron chi connectivity index (χ4n) is 7.28. The fraction of sp³-hybridized carbons (Fsp3) is 0.350. The van der Waals surface area contributed by atoms with Crippen molar-refractivity contribution in [3.8, 4) is 23.0 Å². The number of amides is 4. The number of benzene rings is 4. The van der Waals surface area contributed by atoms with Crippen LogP contribution in [0.1, 0.15) is 71.4 Å². The van der Waals surface area contributed by atoms with Crippen molar-refractivity contribution in [2.75, 3.05) is 41.5 Å². The van der Waals surface area contributed by atoms with Gasteiger partial charge < -0.3 is 39.4 Å². The fourth-order valence-corrected chi connectivity index (χ4v) is 7.28. The molecule has 4 aromatic rings. The molecule has 10 nitrogen and oxygen atoms in total. The van der Waals surface area contributed by atoms with E-state index in [9.17, 15) is 9.59 Å². The van der Waals surface area contributed by atoms with Gasteiger partial charge in [0.05, 0.1) is 52.6 Å². The summed E-state index contributed by atoms with van der Waals surface area (Å²) < 4.78 is 23.0. The van der Waals surface area contributed by atoms with Gasteiger partial charge in [-0.2, -0.15) is 0 Å². The minimum atomic E-state index is -0.587. The zero-order chi connectivity index (χ0) is 35.4. The molecule has 2 aliphatic rings. The van der Waals surface area contributed by atoms with Crippen LogP contribution in [0.4, 0.5) is 9.59 Å². The van der Waals surface area contributed by atoms with Crippen molar-refractivity contribution in [3.05, 3.63) is 118 Å². The van der Waals surface area contributed by atoms with E-state index < -0.39 is 12.1 Å². The molecule has 262 valence electrons. The number of ether oxygens (including phenoxy) is 4. The Hall–Kier alpha value is -5.38. The first-order valence-electron chi connectivity index (χ1n) is 17.0. The second-order valence-corrected chi connectivity index (χ2v) is 12.8. The third kappa shape index (κ3) is 6.75. The van der Waals surface area contributed by atoms with Gasteiger partial charge in [-0.05, 0) is 84.3 Å². The number of rotatable bonds is 9. The average molecular weight is 679 g/mol. The van der Waals surface area contributed by atoms with Gasteiger partial charge in [0.1, 0.15) is 0 Å². The lowest BCUT2D eigenvalue weighted by Gasteiger charge is -2.48. The number of hydrogen-bond donors (Lipinski definition) is 2. The Balaban J connectivity index is 1.50. The third-order valence-electron chi connectivity index (χ3n) is 9.94. The number of urea groups is 2. The minimum Gasteiger partial charge on any atom is -0.493 e. The zero-order valence-corrected chi connectivity index (χ0v) is 29.6. The number of fused-ring (bicyclic) bond motifs is 2. The molecule has 0 saturated carbocycles. The Morgan fingerprint density at radius 2 is 0.920 bits per heavy atom. The van der Waals surface area contributed by atoms with Crippen molar-refractivity contribution >= 4 is 12.1 Å². The van der Waals surface area contributed by atoms with E-state index in [1.165, 1.54) is 0 Å². The normalized spacial score (nSPS) is 17.8. The van der Waals surface area contributed by atoms with Crippen molar-refractivity contribution in [1.29, 1.82) is 0 Å². The molecule has 0 bridgehead atoms. The number of carbonyl (C=O) groups is 2. The predicted molar refractivity (Wildman–Crippen MR) is 192 cm³/mol. The van der Waals surface area contributed by atoms with Crippen LogP contribution in [-0.4, -0.2) is 63.4 Å². The van der Waals surface area contributed by atoms with E-state index in [4.69, 9.17) is 18.9 Å². The van der Waals surface area contributed by atoms with Crippen LogP contribution in [0.25, 0.3) is 0 Å². The lowest BCUT2D eigenvalue weighted by Crippen LogP contribution is -2.54. The largest absolute Gasteiger partial charge is 0.493 e. The van der Waals surface area contributed by atoms with Crippen LogP contribution in [0.2, 0.25) is 0 Å². The molecule has 0 saturated heterocycles. The standard InChI is InChI=1S/C40H46N4O6/c1-25(27-13-9-7-10-14-27)41-39(45)43-19-17-29-21-33(47-3)35(49-5)23-31(29)37(43)38-32-24-36(50-6)34(48-4)22-30(32)18-20-44(38)40(46)42-26(2)28-15-11-8-12-16-28/h7-16,21-26,37-38H,17-20H2,1-6H3,(H,41,45)(H,42,46)/t25-,26-,37-,38-/m1/s1. The molecule has 50 heavy (non-hydrogen) atoms. The lowest BCUT2D eigenvalue weighted by atomic mass is 9.80. The van der Waals surface area contributed by atoms with Crippen LogP contribution in [0, 0.1) is 0 Å². The molecule has 0 aliphatic carbocycles. The monoisotopic (exact) mass is 678 g/mol. The van der Waals surface area contributed by atoms with E-state index in [1.807, 2.05) is 109 Å². The van der Waals surface area contributed by atoms with Crippen molar-refractivity contribution in [3.63, 3.8) is 0 Å². The van der Waals surface area contributed by atoms with Crippen molar-refractivity contribution in [1.82, 2.24) is 20.4 Å². The van der Waals surface area contributed by atoms with Crippen LogP contribution in [0.5, 0.6) is 23.0 Å². The van der Waals surface area contributed by atoms with Crippen LogP contribution in [-0.2, 0) is 12.8 Å². The molecule has 0 aromatic heterocycles. The molecule has 0 spiro atoms. The lowest BCUT2D eigenvalue weighted by molar-refractivity contribution is 0.0911. The van der Waals surface area contributed by atoms with Gasteiger partial charge >= 0.3 is 12.1 Å². The summed E-state index contributed by atoms with van der Waals surface area (Å²) in [5.74, 6) is 2.33. The second kappa shape index (κ2) is 15.0. The molecule has 4 aromatic carbocycles. The Morgan fingerprint density at radius 3 is 1.26 bits per heavy atom. The van der Waals surface area contributed by atoms with Crippen molar-refractivity contribution in [2.24, 2.45) is 0 Å². The summed E-state index contributed by atoms with van der Waals surface area (Å²) in [7, 11) is 6.44. The highest BCUT2D eigenvalue weighted by molar-refractivity contribution is 5.78. The molecule has 10 heteroatoms. The van der Waals surface area contributed by atoms with Gasteiger partial charge in [-0.15, -0.1) is 0 Å². The Morgan fingerprint density at radius 1 is 0.580 bits per heavy atom. The van der Waals surface area contributed by atoms with Crippen LogP contribution < -0.4 is 29.6 Å². The molecule has 0 radical (unpaired) electrons. The smallest absolute Gasteiger partial charge is 0.318 e. The van der Waals surface area contributed by atoms with Crippen LogP contribution in [0.15, 0.2) is 84.9 Å². The highest BCUT2D eigenvalue weighted by atomic mass is 16.5. The Labute approximate surface area is 294 Å². The van der Waals surface area contributed by atoms with Gasteiger partial charge in [0.15, 0.2) is 23.0 Å². The molecule has 0 unspecified atom stereocenters. The Bertz CT molecular complexity index is 1690. The van der Waals surface area contributed by atoms with E-state index in [0.717, 1.165) is 33.4 Å². The van der Waals surface area contributed by atoms with E-state index in [-0.39, 0.29) is 24.1 Å². The molecule has 2 heterocycles. The highest BCUT2D eigenvalue weighted by Gasteiger charge is 2.45. The molecule has 4 atom stereocenters. The number of nitrogens with one attached hydrogen (secondary N) is 2. The van der Waals surface area contributed by atoms with Gasteiger partial charge in [-0.3, -0.25) is 0 Å². The number of hydrogen-bond acceptors (Lipinski definition) is 6. The summed E-state index contributed by atoms with van der Waals surface area (Å²) in [4.78, 5) is 32.7. The zero-order valence-electron chi connectivity index (χ0n) is 29.6. The number of carbonyl (C=O) groups excluding carboxylic acids is 2. The molecule has 2 N–H and O–H groups in total. The molecule has 2 aliphatic heterocycles. The third-order valence-corrected chi connectivity index (χ3v) is 9.94. The van der Waals surface area contributed by atoms with Crippen LogP contribution >= 0.6 is 0 Å². The van der Waals surface area contributed by atoms with Gasteiger partial charge in [-0.1, -0.05) is 60.7 Å². The van der Waals surface area contributed by atoms with Gasteiger partial charge in [0.25, 0.3) is 0 Å². The van der Waals surface area contributed by atoms with E-state index >= 15 is 0 Å². The highest BCUT2D eigenvalue weighted by Crippen LogP contribution is 2.49. The first-order valence-corrected chi connectivity index (χ1v) is 17.0. The molecular weight excluding hydrogens is 632 g/mol. The number of nitrogens with zero attached hydrogens (tertiary/aromatic N) is 2. The van der Waals surface area contributed by atoms with Crippen molar-refractivity contribution in [2.45, 2.75) is 50.9 Å². The summed E-state index contributed by atoms with van der Waals surface area (Å²) in [6.45, 7) is 4.81. The first kappa shape index (κ1) is 34.5. The maximum absolute atomic E-state index is 14.5. The quantitative estimate of drug-likeness (QED) is 0.195. The van der Waals surface area contributed by atoms with E-state index in [1.54, 1.807) is 28.4 Å². The molecule has 0 fully saturated rings. The maximum atomic E-state index is 14.5. The summed E-state index contributed by atoms with van der Waals surface area (Å²) in [5, 5.41) is 6.49. The second-order valence-electron chi connectivity index (χ2n) is 12.8. The summed E-state index contributed by atoms with van der Waals surface area (Å²) in [6.07, 6.45) is 1.20. The van der Waals surface area contributed by atoms with Crippen molar-refractivity contribution < 1.29 is 28.5 Å². The van der Waals surface area contributed by atoms with Gasteiger partial charge in [0, 0.05) is 13.1 Å². The van der Waals surface area contributed by atoms with E-state index in [2.05, 4.69) is 10.6 Å². The SMILES string of the molecule is COc1cc2c(cc1OC)[C@H]([C@H]1c3cc(OC)c(OC)cc3CCN1C(=O)N[C@H](C)c1ccccc1)N(C(=O)N[C@H](C)c1ccccc1)CC2. The molecular formula is C40H46N4O6. The minimum absolute atomic E-state index is 0.225. The topological polar surface area (TPSA) is 102 Å². The molecule has 4 amide bonds. The average Bonchev–Trinajstić information content (AvgIpc) is 3.16. The molecule has 6 rings (SSSR count). The van der Waals surface area contributed by atoms with E-state index in [0.29, 0.717) is 48.9 Å². The summed E-state index contributed by atoms with van der Waals surface area (Å²) in [5.41, 5.74) is 5.82. The number of methoxy groups -OCH3 is 4. The van der Waals surface area contributed by atoms with Crippen LogP contribution in [0.3, 0.4) is 0 Å². The van der Waals surface area contributed by atoms with Gasteiger partial charge in [-0.25, -0.2) is 9.59 Å².